The molecular weight excluding hydrogens is 450 g/mol. The number of carbonyl (C=O) groups is 1. The molecule has 2 aromatic carbocycles. The number of hydrogen-bond acceptors (Lipinski definition) is 6. The molecule has 0 aliphatic heterocycles. The van der Waals surface area contributed by atoms with E-state index in [0.717, 1.165) is 11.1 Å². The van der Waals surface area contributed by atoms with Crippen molar-refractivity contribution >= 4 is 28.5 Å². The predicted octanol–water partition coefficient (Wildman–Crippen LogP) is 5.39. The van der Waals surface area contributed by atoms with E-state index in [2.05, 4.69) is 41.0 Å². The molecule has 0 bridgehead atoms. The van der Waals surface area contributed by atoms with E-state index in [0.29, 0.717) is 27.6 Å². The van der Waals surface area contributed by atoms with Gasteiger partial charge in [-0.3, -0.25) is 4.79 Å². The lowest BCUT2D eigenvalue weighted by molar-refractivity contribution is 0.0901. The molecule has 0 atom stereocenters. The van der Waals surface area contributed by atoms with Gasteiger partial charge < -0.3 is 9.64 Å². The van der Waals surface area contributed by atoms with E-state index >= 15 is 0 Å². The molecule has 0 radical (unpaired) electrons. The summed E-state index contributed by atoms with van der Waals surface area (Å²) in [6.45, 7) is 10.1. The molecule has 0 aliphatic carbocycles. The first-order valence-electron chi connectivity index (χ1n) is 11.4. The van der Waals surface area contributed by atoms with Gasteiger partial charge in [0.1, 0.15) is 16.4 Å². The molecule has 4 aromatic rings. The maximum Gasteiger partial charge on any atom is 0.253 e. The molecule has 4 rings (SSSR count). The SMILES string of the molecule is CCN(CC)CC.COc1cccc(-c2nc(Cl)ccc2CC(=O)n2nnc3ccccc32)c1. The topological polar surface area (TPSA) is 73.1 Å². The first-order chi connectivity index (χ1) is 16.5. The van der Waals surface area contributed by atoms with Gasteiger partial charge in [0.15, 0.2) is 0 Å². The molecule has 0 amide bonds. The third-order valence-electron chi connectivity index (χ3n) is 5.56. The minimum atomic E-state index is -0.197. The van der Waals surface area contributed by atoms with E-state index in [1.807, 2.05) is 48.5 Å². The molecule has 34 heavy (non-hydrogen) atoms. The van der Waals surface area contributed by atoms with Crippen LogP contribution in [0.15, 0.2) is 60.7 Å². The van der Waals surface area contributed by atoms with Crippen molar-refractivity contribution in [3.63, 3.8) is 0 Å². The molecule has 0 unspecified atom stereocenters. The van der Waals surface area contributed by atoms with Crippen LogP contribution in [0.2, 0.25) is 5.15 Å². The number of fused-ring (bicyclic) bond motifs is 1. The maximum absolute atomic E-state index is 12.9. The van der Waals surface area contributed by atoms with E-state index in [-0.39, 0.29) is 12.3 Å². The molecule has 0 saturated carbocycles. The second-order valence-corrected chi connectivity index (χ2v) is 7.94. The number of hydrogen-bond donors (Lipinski definition) is 0. The highest BCUT2D eigenvalue weighted by Gasteiger charge is 2.16. The predicted molar refractivity (Wildman–Crippen MR) is 137 cm³/mol. The van der Waals surface area contributed by atoms with Crippen LogP contribution in [-0.2, 0) is 6.42 Å². The third kappa shape index (κ3) is 6.18. The van der Waals surface area contributed by atoms with Gasteiger partial charge in [0.25, 0.3) is 5.91 Å². The summed E-state index contributed by atoms with van der Waals surface area (Å²) >= 11 is 6.10. The summed E-state index contributed by atoms with van der Waals surface area (Å²) in [7, 11) is 1.60. The summed E-state index contributed by atoms with van der Waals surface area (Å²) in [4.78, 5) is 19.7. The molecule has 0 fully saturated rings. The van der Waals surface area contributed by atoms with Crippen molar-refractivity contribution in [2.24, 2.45) is 0 Å². The van der Waals surface area contributed by atoms with Crippen LogP contribution in [-0.4, -0.2) is 57.5 Å². The van der Waals surface area contributed by atoms with E-state index in [4.69, 9.17) is 16.3 Å². The van der Waals surface area contributed by atoms with Crippen LogP contribution >= 0.6 is 11.6 Å². The molecule has 2 heterocycles. The van der Waals surface area contributed by atoms with Gasteiger partial charge in [-0.15, -0.1) is 5.10 Å². The van der Waals surface area contributed by atoms with Crippen molar-refractivity contribution in [3.05, 3.63) is 71.4 Å². The fourth-order valence-electron chi connectivity index (χ4n) is 3.59. The third-order valence-corrected chi connectivity index (χ3v) is 5.77. The van der Waals surface area contributed by atoms with Gasteiger partial charge in [0.05, 0.1) is 24.7 Å². The molecule has 2 aromatic heterocycles. The Hall–Kier alpha value is -3.29. The zero-order valence-corrected chi connectivity index (χ0v) is 20.8. The summed E-state index contributed by atoms with van der Waals surface area (Å²) in [6, 6.07) is 18.3. The lowest BCUT2D eigenvalue weighted by Crippen LogP contribution is -2.21. The number of aromatic nitrogens is 4. The average Bonchev–Trinajstić information content (AvgIpc) is 3.31. The molecule has 7 nitrogen and oxygen atoms in total. The van der Waals surface area contributed by atoms with Crippen LogP contribution in [0.4, 0.5) is 0 Å². The second kappa shape index (κ2) is 12.3. The number of pyridine rings is 1. The molecule has 8 heteroatoms. The molecule has 0 N–H and O–H groups in total. The van der Waals surface area contributed by atoms with E-state index in [9.17, 15) is 4.79 Å². The van der Waals surface area contributed by atoms with Gasteiger partial charge in [-0.25, -0.2) is 4.98 Å². The fraction of sp³-hybridized carbons (Fsp3) is 0.308. The Bertz CT molecular complexity index is 1230. The van der Waals surface area contributed by atoms with Crippen molar-refractivity contribution in [1.82, 2.24) is 24.9 Å². The fourth-order valence-corrected chi connectivity index (χ4v) is 3.74. The molecule has 178 valence electrons. The number of methoxy groups -OCH3 is 1. The van der Waals surface area contributed by atoms with Gasteiger partial charge >= 0.3 is 0 Å². The Morgan fingerprint density at radius 1 is 1.00 bits per heavy atom. The minimum Gasteiger partial charge on any atom is -0.497 e. The van der Waals surface area contributed by atoms with Crippen LogP contribution in [0.25, 0.3) is 22.3 Å². The monoisotopic (exact) mass is 479 g/mol. The standard InChI is InChI=1S/C20H15ClN4O2.C6H15N/c1-27-15-6-4-5-13(11-15)20-14(9-10-18(21)22-20)12-19(26)25-17-8-3-2-7-16(17)23-24-25;1-4-7(5-2)6-3/h2-11H,12H2,1H3;4-6H2,1-3H3. The van der Waals surface area contributed by atoms with Gasteiger partial charge in [-0.2, -0.15) is 4.68 Å². The van der Waals surface area contributed by atoms with Gasteiger partial charge in [-0.1, -0.05) is 67.9 Å². The Morgan fingerprint density at radius 2 is 1.74 bits per heavy atom. The van der Waals surface area contributed by atoms with Crippen molar-refractivity contribution < 1.29 is 9.53 Å². The normalized spacial score (nSPS) is 10.8. The Balaban J connectivity index is 0.000000406. The highest BCUT2D eigenvalue weighted by atomic mass is 35.5. The van der Waals surface area contributed by atoms with Crippen LogP contribution in [0.5, 0.6) is 5.75 Å². The van der Waals surface area contributed by atoms with Crippen molar-refractivity contribution in [1.29, 1.82) is 0 Å². The zero-order chi connectivity index (χ0) is 24.5. The zero-order valence-electron chi connectivity index (χ0n) is 20.0. The first kappa shape index (κ1) is 25.3. The summed E-state index contributed by atoms with van der Waals surface area (Å²) in [5, 5.41) is 8.38. The summed E-state index contributed by atoms with van der Waals surface area (Å²) in [6.07, 6.45) is 0.115. The van der Waals surface area contributed by atoms with Crippen molar-refractivity contribution in [2.45, 2.75) is 27.2 Å². The summed E-state index contributed by atoms with van der Waals surface area (Å²) in [5.41, 5.74) is 3.56. The van der Waals surface area contributed by atoms with Gasteiger partial charge in [0, 0.05) is 5.56 Å². The summed E-state index contributed by atoms with van der Waals surface area (Å²) < 4.78 is 6.60. The van der Waals surface area contributed by atoms with Crippen LogP contribution in [0.3, 0.4) is 0 Å². The van der Waals surface area contributed by atoms with Crippen molar-refractivity contribution in [2.75, 3.05) is 26.7 Å². The number of halogens is 1. The van der Waals surface area contributed by atoms with Gasteiger partial charge in [0.2, 0.25) is 0 Å². The van der Waals surface area contributed by atoms with Crippen LogP contribution < -0.4 is 4.74 Å². The first-order valence-corrected chi connectivity index (χ1v) is 11.7. The van der Waals surface area contributed by atoms with Gasteiger partial charge in [-0.05, 0) is 55.5 Å². The lowest BCUT2D eigenvalue weighted by Gasteiger charge is -2.13. The van der Waals surface area contributed by atoms with E-state index in [1.54, 1.807) is 19.2 Å². The summed E-state index contributed by atoms with van der Waals surface area (Å²) in [5.74, 6) is 0.505. The number of benzene rings is 2. The second-order valence-electron chi connectivity index (χ2n) is 7.55. The van der Waals surface area contributed by atoms with Crippen LogP contribution in [0.1, 0.15) is 31.1 Å². The highest BCUT2D eigenvalue weighted by Crippen LogP contribution is 2.27. The maximum atomic E-state index is 12.9. The Labute approximate surface area is 205 Å². The number of para-hydroxylation sites is 1. The number of carbonyl (C=O) groups excluding carboxylic acids is 1. The largest absolute Gasteiger partial charge is 0.497 e. The lowest BCUT2D eigenvalue weighted by atomic mass is 10.0. The smallest absolute Gasteiger partial charge is 0.253 e. The van der Waals surface area contributed by atoms with E-state index in [1.165, 1.54) is 24.3 Å². The number of ether oxygens (including phenoxy) is 1. The highest BCUT2D eigenvalue weighted by molar-refractivity contribution is 6.29. The molecular formula is C26H30ClN5O2. The van der Waals surface area contributed by atoms with Crippen molar-refractivity contribution in [3.8, 4) is 17.0 Å². The molecule has 0 spiro atoms. The number of rotatable bonds is 7. The quantitative estimate of drug-likeness (QED) is 0.331. The Kier molecular flexibility index (Phi) is 9.13. The number of nitrogens with zero attached hydrogens (tertiary/aromatic N) is 5. The average molecular weight is 480 g/mol. The van der Waals surface area contributed by atoms with Crippen LogP contribution in [0, 0.1) is 0 Å². The minimum absolute atomic E-state index is 0.115. The molecule has 0 aliphatic rings. The van der Waals surface area contributed by atoms with E-state index < -0.39 is 0 Å². The Morgan fingerprint density at radius 3 is 2.41 bits per heavy atom. The molecule has 0 saturated heterocycles.